The number of rotatable bonds is 7. The molecule has 9 nitrogen and oxygen atoms in total. The lowest BCUT2D eigenvalue weighted by molar-refractivity contribution is -0.143. The largest absolute Gasteiger partial charge is 0.505 e. The van der Waals surface area contributed by atoms with Gasteiger partial charge in [-0.25, -0.2) is 4.68 Å². The van der Waals surface area contributed by atoms with E-state index in [0.717, 1.165) is 16.0 Å². The van der Waals surface area contributed by atoms with Crippen molar-refractivity contribution in [3.63, 3.8) is 0 Å². The second-order valence-electron chi connectivity index (χ2n) is 8.33. The van der Waals surface area contributed by atoms with Crippen molar-refractivity contribution in [2.24, 2.45) is 0 Å². The monoisotopic (exact) mass is 545 g/mol. The average Bonchev–Trinajstić information content (AvgIpc) is 3.40. The summed E-state index contributed by atoms with van der Waals surface area (Å²) < 4.78 is 43.0. The summed E-state index contributed by atoms with van der Waals surface area (Å²) in [6, 6.07) is 12.4. The van der Waals surface area contributed by atoms with E-state index in [1.54, 1.807) is 18.2 Å². The molecule has 0 aliphatic rings. The number of phenols is 1. The molecule has 13 heteroatoms. The summed E-state index contributed by atoms with van der Waals surface area (Å²) in [5.74, 6) is -1.10. The van der Waals surface area contributed by atoms with Gasteiger partial charge >= 0.3 is 6.18 Å². The molecule has 1 unspecified atom stereocenters. The lowest BCUT2D eigenvalue weighted by atomic mass is 10.1. The van der Waals surface area contributed by atoms with Gasteiger partial charge in [-0.3, -0.25) is 19.5 Å². The SMILES string of the molecule is CN(C)C(=O)c1cccc(Nc2c(NC(c3cccs3)C(F)(F)F)c(=O)[nH]n(-c3ccccc3)c2=O)c1O. The number of hydrogen-bond acceptors (Lipinski definition) is 7. The molecule has 38 heavy (non-hydrogen) atoms. The maximum atomic E-state index is 14.0. The summed E-state index contributed by atoms with van der Waals surface area (Å²) >= 11 is 0.827. The number of phenolic OH excluding ortho intramolecular Hbond substituents is 1. The van der Waals surface area contributed by atoms with Gasteiger partial charge in [0.25, 0.3) is 17.0 Å². The van der Waals surface area contributed by atoms with E-state index in [0.29, 0.717) is 0 Å². The van der Waals surface area contributed by atoms with Gasteiger partial charge in [-0.15, -0.1) is 11.3 Å². The Hall–Kier alpha value is -4.52. The maximum Gasteiger partial charge on any atom is 0.413 e. The van der Waals surface area contributed by atoms with Crippen LogP contribution < -0.4 is 21.8 Å². The number of nitrogens with zero attached hydrogens (tertiary/aromatic N) is 2. The first kappa shape index (κ1) is 26.5. The molecule has 2 aromatic heterocycles. The highest BCUT2D eigenvalue weighted by Gasteiger charge is 2.42. The molecule has 4 aromatic rings. The molecule has 4 N–H and O–H groups in total. The van der Waals surface area contributed by atoms with Gasteiger partial charge in [-0.05, 0) is 35.7 Å². The predicted octanol–water partition coefficient (Wildman–Crippen LogP) is 4.45. The predicted molar refractivity (Wildman–Crippen MR) is 139 cm³/mol. The fourth-order valence-electron chi connectivity index (χ4n) is 3.66. The Labute approximate surface area is 217 Å². The van der Waals surface area contributed by atoms with Crippen molar-refractivity contribution in [3.8, 4) is 11.4 Å². The van der Waals surface area contributed by atoms with Crippen LogP contribution in [0, 0.1) is 0 Å². The number of halogens is 3. The number of aromatic amines is 1. The molecular weight excluding hydrogens is 523 g/mol. The third-order valence-corrected chi connectivity index (χ3v) is 6.43. The molecule has 0 aliphatic carbocycles. The molecule has 1 atom stereocenters. The standard InChI is InChI=1S/C25H22F3N5O4S/c1-32(2)23(36)15-10-6-11-16(20(15)34)29-19-18(30-21(25(26,27)28)17-12-7-13-38-17)22(35)31-33(24(19)37)14-8-4-3-5-9-14/h3-13,21,29-30,34H,1-2H3,(H,31,35). The lowest BCUT2D eigenvalue weighted by Gasteiger charge is -2.23. The number of alkyl halides is 3. The number of benzene rings is 2. The van der Waals surface area contributed by atoms with E-state index in [4.69, 9.17) is 0 Å². The zero-order valence-electron chi connectivity index (χ0n) is 20.0. The van der Waals surface area contributed by atoms with Crippen molar-refractivity contribution in [1.29, 1.82) is 0 Å². The summed E-state index contributed by atoms with van der Waals surface area (Å²) in [7, 11) is 2.95. The van der Waals surface area contributed by atoms with Gasteiger partial charge in [0, 0.05) is 19.0 Å². The highest BCUT2D eigenvalue weighted by atomic mass is 32.1. The summed E-state index contributed by atoms with van der Waals surface area (Å²) in [5.41, 5.74) is -3.22. The van der Waals surface area contributed by atoms with Gasteiger partial charge in [0.1, 0.15) is 11.4 Å². The van der Waals surface area contributed by atoms with Gasteiger partial charge < -0.3 is 20.6 Å². The fourth-order valence-corrected chi connectivity index (χ4v) is 4.46. The summed E-state index contributed by atoms with van der Waals surface area (Å²) in [6.45, 7) is 0. The Morgan fingerprint density at radius 1 is 1.03 bits per heavy atom. The fraction of sp³-hybridized carbons (Fsp3) is 0.160. The van der Waals surface area contributed by atoms with Crippen molar-refractivity contribution in [2.45, 2.75) is 12.2 Å². The molecule has 2 heterocycles. The first-order chi connectivity index (χ1) is 18.0. The molecule has 198 valence electrons. The summed E-state index contributed by atoms with van der Waals surface area (Å²) in [4.78, 5) is 40.3. The number of thiophene rings is 1. The van der Waals surface area contributed by atoms with Gasteiger partial charge in [-0.1, -0.05) is 30.3 Å². The first-order valence-electron chi connectivity index (χ1n) is 11.1. The zero-order chi connectivity index (χ0) is 27.6. The van der Waals surface area contributed by atoms with Crippen LogP contribution in [0.25, 0.3) is 5.69 Å². The van der Waals surface area contributed by atoms with E-state index in [9.17, 15) is 32.7 Å². The van der Waals surface area contributed by atoms with Crippen LogP contribution >= 0.6 is 11.3 Å². The number of aromatic nitrogens is 2. The summed E-state index contributed by atoms with van der Waals surface area (Å²) in [6.07, 6.45) is -4.82. The number of hydrogen-bond donors (Lipinski definition) is 4. The van der Waals surface area contributed by atoms with Crippen LogP contribution in [0.1, 0.15) is 21.3 Å². The number of carbonyl (C=O) groups is 1. The van der Waals surface area contributed by atoms with E-state index in [2.05, 4.69) is 15.7 Å². The third-order valence-electron chi connectivity index (χ3n) is 5.50. The van der Waals surface area contributed by atoms with E-state index < -0.39 is 46.4 Å². The minimum Gasteiger partial charge on any atom is -0.505 e. The third kappa shape index (κ3) is 5.27. The molecule has 2 aromatic carbocycles. The Kier molecular flexibility index (Phi) is 7.30. The topological polar surface area (TPSA) is 119 Å². The van der Waals surface area contributed by atoms with Crippen molar-refractivity contribution in [2.75, 3.05) is 24.7 Å². The van der Waals surface area contributed by atoms with E-state index in [-0.39, 0.29) is 21.8 Å². The molecule has 0 bridgehead atoms. The van der Waals surface area contributed by atoms with Gasteiger partial charge in [0.2, 0.25) is 0 Å². The minimum absolute atomic E-state index is 0.116. The Bertz CT molecular complexity index is 1560. The second kappa shape index (κ2) is 10.5. The van der Waals surface area contributed by atoms with Crippen molar-refractivity contribution < 1.29 is 23.1 Å². The average molecular weight is 546 g/mol. The number of aromatic hydroxyl groups is 1. The molecule has 0 saturated heterocycles. The number of amides is 1. The van der Waals surface area contributed by atoms with Crippen LogP contribution in [-0.2, 0) is 0 Å². The maximum absolute atomic E-state index is 14.0. The first-order valence-corrected chi connectivity index (χ1v) is 12.0. The Morgan fingerprint density at radius 3 is 2.34 bits per heavy atom. The lowest BCUT2D eigenvalue weighted by Crippen LogP contribution is -2.36. The van der Waals surface area contributed by atoms with Crippen LogP contribution in [0.5, 0.6) is 5.75 Å². The highest BCUT2D eigenvalue weighted by molar-refractivity contribution is 7.10. The minimum atomic E-state index is -4.82. The van der Waals surface area contributed by atoms with Crippen molar-refractivity contribution in [1.82, 2.24) is 14.7 Å². The van der Waals surface area contributed by atoms with Gasteiger partial charge in [0.05, 0.1) is 16.9 Å². The second-order valence-corrected chi connectivity index (χ2v) is 9.31. The van der Waals surface area contributed by atoms with Crippen LogP contribution in [-0.4, -0.2) is 46.0 Å². The molecule has 0 radical (unpaired) electrons. The van der Waals surface area contributed by atoms with Crippen molar-refractivity contribution in [3.05, 3.63) is 97.2 Å². The number of carbonyl (C=O) groups excluding carboxylic acids is 1. The van der Waals surface area contributed by atoms with E-state index in [1.807, 2.05) is 0 Å². The van der Waals surface area contributed by atoms with E-state index in [1.165, 1.54) is 66.8 Å². The van der Waals surface area contributed by atoms with Gasteiger partial charge in [-0.2, -0.15) is 13.2 Å². The van der Waals surface area contributed by atoms with Gasteiger partial charge in [0.15, 0.2) is 11.8 Å². The van der Waals surface area contributed by atoms with Crippen LogP contribution in [0.15, 0.2) is 75.6 Å². The number of H-pyrrole nitrogens is 1. The number of nitrogens with one attached hydrogen (secondary N) is 3. The van der Waals surface area contributed by atoms with Crippen LogP contribution in [0.2, 0.25) is 0 Å². The highest BCUT2D eigenvalue weighted by Crippen LogP contribution is 2.39. The normalized spacial score (nSPS) is 12.1. The number of anilines is 3. The summed E-state index contributed by atoms with van der Waals surface area (Å²) in [5, 5.41) is 19.3. The van der Waals surface area contributed by atoms with Crippen molar-refractivity contribution >= 4 is 34.3 Å². The molecule has 0 spiro atoms. The number of para-hydroxylation sites is 2. The molecule has 4 rings (SSSR count). The van der Waals surface area contributed by atoms with Crippen LogP contribution in [0.3, 0.4) is 0 Å². The van der Waals surface area contributed by atoms with E-state index >= 15 is 0 Å². The smallest absolute Gasteiger partial charge is 0.413 e. The van der Waals surface area contributed by atoms with Crippen LogP contribution in [0.4, 0.5) is 30.2 Å². The Balaban J connectivity index is 1.91. The molecule has 0 aliphatic heterocycles. The molecule has 1 amide bonds. The Morgan fingerprint density at radius 2 is 1.74 bits per heavy atom. The quantitative estimate of drug-likeness (QED) is 0.255. The molecule has 0 saturated carbocycles. The molecule has 0 fully saturated rings. The molecular formula is C25H22F3N5O4S. The zero-order valence-corrected chi connectivity index (χ0v) is 20.9.